The molecule has 0 aliphatic heterocycles. The van der Waals surface area contributed by atoms with Crippen molar-refractivity contribution in [3.63, 3.8) is 0 Å². The third-order valence-corrected chi connectivity index (χ3v) is 12.5. The third-order valence-electron chi connectivity index (χ3n) is 12.5. The lowest BCUT2D eigenvalue weighted by molar-refractivity contribution is -0.167. The second-order valence-corrected chi connectivity index (χ2v) is 19.5. The van der Waals surface area contributed by atoms with Crippen LogP contribution >= 0.6 is 0 Å². The summed E-state index contributed by atoms with van der Waals surface area (Å²) in [6, 6.07) is 0. The Kier molecular flexibility index (Phi) is 56.4. The maximum Gasteiger partial charge on any atom is 0.306 e. The van der Waals surface area contributed by atoms with E-state index in [0.29, 0.717) is 12.8 Å². The summed E-state index contributed by atoms with van der Waals surface area (Å²) in [4.78, 5) is 38.1. The van der Waals surface area contributed by atoms with Crippen molar-refractivity contribution in [1.29, 1.82) is 0 Å². The van der Waals surface area contributed by atoms with Gasteiger partial charge in [-0.1, -0.05) is 259 Å². The minimum absolute atomic E-state index is 0.0909. The molecule has 0 heterocycles. The molecule has 1 unspecified atom stereocenters. The second-order valence-electron chi connectivity index (χ2n) is 19.5. The molecule has 410 valence electrons. The molecular weight excluding hydrogens is 889 g/mol. The van der Waals surface area contributed by atoms with E-state index in [1.165, 1.54) is 109 Å². The fourth-order valence-corrected chi connectivity index (χ4v) is 8.11. The van der Waals surface area contributed by atoms with Crippen LogP contribution in [-0.2, 0) is 28.6 Å². The largest absolute Gasteiger partial charge is 0.462 e. The molecule has 0 aliphatic rings. The van der Waals surface area contributed by atoms with Gasteiger partial charge in [0.2, 0.25) is 0 Å². The quantitative estimate of drug-likeness (QED) is 0.0261. The summed E-state index contributed by atoms with van der Waals surface area (Å²) in [5.74, 6) is -0.924. The van der Waals surface area contributed by atoms with Crippen LogP contribution in [0.2, 0.25) is 0 Å². The van der Waals surface area contributed by atoms with E-state index in [-0.39, 0.29) is 37.5 Å². The van der Waals surface area contributed by atoms with Gasteiger partial charge in [-0.2, -0.15) is 0 Å². The smallest absolute Gasteiger partial charge is 0.306 e. The average Bonchev–Trinajstić information content (AvgIpc) is 3.38. The van der Waals surface area contributed by atoms with Crippen LogP contribution in [0.1, 0.15) is 271 Å². The first-order valence-electron chi connectivity index (χ1n) is 29.9. The lowest BCUT2D eigenvalue weighted by Gasteiger charge is -2.18. The maximum absolute atomic E-state index is 12.8. The van der Waals surface area contributed by atoms with Crippen LogP contribution in [0.5, 0.6) is 0 Å². The summed E-state index contributed by atoms with van der Waals surface area (Å²) in [6.07, 6.45) is 80.9. The number of hydrogen-bond donors (Lipinski definition) is 0. The molecule has 0 aliphatic carbocycles. The van der Waals surface area contributed by atoms with Gasteiger partial charge in [-0.25, -0.2) is 0 Å². The predicted octanol–water partition coefficient (Wildman–Crippen LogP) is 20.3. The molecule has 6 heteroatoms. The molecule has 1 atom stereocenters. The van der Waals surface area contributed by atoms with E-state index in [1.807, 2.05) is 0 Å². The van der Waals surface area contributed by atoms with Crippen LogP contribution in [0.25, 0.3) is 0 Å². The van der Waals surface area contributed by atoms with Crippen molar-refractivity contribution in [2.24, 2.45) is 0 Å². The highest BCUT2D eigenvalue weighted by Gasteiger charge is 2.19. The Morgan fingerprint density at radius 1 is 0.292 bits per heavy atom. The van der Waals surface area contributed by atoms with Gasteiger partial charge in [0.15, 0.2) is 6.10 Å². The molecule has 0 rings (SSSR count). The minimum Gasteiger partial charge on any atom is -0.462 e. The lowest BCUT2D eigenvalue weighted by atomic mass is 10.0. The van der Waals surface area contributed by atoms with Gasteiger partial charge in [0, 0.05) is 19.3 Å². The number of esters is 3. The second kappa shape index (κ2) is 59.6. The molecule has 0 saturated carbocycles. The van der Waals surface area contributed by atoms with Crippen LogP contribution in [0.4, 0.5) is 0 Å². The fourth-order valence-electron chi connectivity index (χ4n) is 8.11. The lowest BCUT2D eigenvalue weighted by Crippen LogP contribution is -2.30. The van der Waals surface area contributed by atoms with Crippen molar-refractivity contribution in [1.82, 2.24) is 0 Å². The Bertz CT molecular complexity index is 1470. The van der Waals surface area contributed by atoms with Gasteiger partial charge >= 0.3 is 17.9 Å². The molecule has 0 fully saturated rings. The minimum atomic E-state index is -0.796. The zero-order chi connectivity index (χ0) is 52.2. The topological polar surface area (TPSA) is 78.9 Å². The first-order chi connectivity index (χ1) is 35.5. The number of carbonyl (C=O) groups excluding carboxylic acids is 3. The summed E-state index contributed by atoms with van der Waals surface area (Å²) in [5, 5.41) is 0. The Balaban J connectivity index is 4.32. The van der Waals surface area contributed by atoms with E-state index in [0.717, 1.165) is 122 Å². The zero-order valence-electron chi connectivity index (χ0n) is 46.9. The van der Waals surface area contributed by atoms with Crippen molar-refractivity contribution in [2.45, 2.75) is 277 Å². The summed E-state index contributed by atoms with van der Waals surface area (Å²) in [7, 11) is 0. The molecule has 0 radical (unpaired) electrons. The third kappa shape index (κ3) is 57.0. The highest BCUT2D eigenvalue weighted by Crippen LogP contribution is 2.15. The normalized spacial score (nSPS) is 12.9. The first-order valence-corrected chi connectivity index (χ1v) is 29.9. The van der Waals surface area contributed by atoms with Gasteiger partial charge in [0.05, 0.1) is 0 Å². The van der Waals surface area contributed by atoms with Gasteiger partial charge in [-0.05, 0) is 103 Å². The molecule has 0 bridgehead atoms. The number of rotatable bonds is 53. The standard InChI is InChI=1S/C66H110O6/c1-4-7-10-13-16-19-22-24-26-28-30-31-32-33-34-35-37-38-40-42-44-47-50-53-56-59-65(68)71-62-63(61-70-64(67)58-55-52-49-46-21-18-15-12-9-6-3)72-66(69)60-57-54-51-48-45-43-41-39-36-29-27-25-23-20-17-14-11-8-5-2/h7-8,10-11,16-17,19-20,24-27,30-31,36,39,43,45,63H,4-6,9,12-15,18,21-23,28-29,32-35,37-38,40-42,44,46-62H2,1-3H3/b10-7-,11-8-,19-16-,20-17-,26-24-,27-25-,31-30-,39-36-,45-43-. The molecule has 0 aromatic rings. The predicted molar refractivity (Wildman–Crippen MR) is 311 cm³/mol. The van der Waals surface area contributed by atoms with Crippen molar-refractivity contribution in [3.8, 4) is 0 Å². The van der Waals surface area contributed by atoms with Crippen LogP contribution in [0.3, 0.4) is 0 Å². The molecule has 0 N–H and O–H groups in total. The molecule has 0 saturated heterocycles. The Morgan fingerprint density at radius 2 is 0.542 bits per heavy atom. The molecule has 0 amide bonds. The van der Waals surface area contributed by atoms with E-state index in [1.54, 1.807) is 0 Å². The van der Waals surface area contributed by atoms with Gasteiger partial charge in [-0.3, -0.25) is 14.4 Å². The SMILES string of the molecule is CC/C=C\C/C=C\C/C=C\C/C=C\C/C=C\CCCCCC(=O)OC(COC(=O)CCCCCCCCCCCC)COC(=O)CCCCCCCCCCCCCC/C=C\C/C=C\C/C=C\C/C=C\CC. The summed E-state index contributed by atoms with van der Waals surface area (Å²) in [5.41, 5.74) is 0. The van der Waals surface area contributed by atoms with Gasteiger partial charge in [0.1, 0.15) is 13.2 Å². The molecule has 0 aromatic heterocycles. The number of allylic oxidation sites excluding steroid dienone is 18. The van der Waals surface area contributed by atoms with E-state index in [4.69, 9.17) is 14.2 Å². The maximum atomic E-state index is 12.8. The first kappa shape index (κ1) is 68.1. The van der Waals surface area contributed by atoms with Crippen LogP contribution in [0.15, 0.2) is 109 Å². The number of ether oxygens (including phenoxy) is 3. The van der Waals surface area contributed by atoms with Crippen molar-refractivity contribution >= 4 is 17.9 Å². The number of hydrogen-bond acceptors (Lipinski definition) is 6. The van der Waals surface area contributed by atoms with Gasteiger partial charge < -0.3 is 14.2 Å². The van der Waals surface area contributed by atoms with Crippen molar-refractivity contribution in [2.75, 3.05) is 13.2 Å². The molecule has 0 spiro atoms. The Morgan fingerprint density at radius 3 is 0.861 bits per heavy atom. The Labute approximate surface area is 444 Å². The van der Waals surface area contributed by atoms with E-state index in [2.05, 4.69) is 130 Å². The molecule has 0 aromatic carbocycles. The summed E-state index contributed by atoms with van der Waals surface area (Å²) >= 11 is 0. The monoisotopic (exact) mass is 999 g/mol. The highest BCUT2D eigenvalue weighted by atomic mass is 16.6. The Hall–Kier alpha value is -3.93. The van der Waals surface area contributed by atoms with Crippen molar-refractivity contribution < 1.29 is 28.6 Å². The van der Waals surface area contributed by atoms with E-state index < -0.39 is 6.10 Å². The fraction of sp³-hybridized carbons (Fsp3) is 0.682. The van der Waals surface area contributed by atoms with E-state index in [9.17, 15) is 14.4 Å². The van der Waals surface area contributed by atoms with Gasteiger partial charge in [-0.15, -0.1) is 0 Å². The molecule has 6 nitrogen and oxygen atoms in total. The van der Waals surface area contributed by atoms with E-state index >= 15 is 0 Å². The van der Waals surface area contributed by atoms with Crippen LogP contribution in [-0.4, -0.2) is 37.2 Å². The molecular formula is C66H110O6. The van der Waals surface area contributed by atoms with Crippen LogP contribution < -0.4 is 0 Å². The van der Waals surface area contributed by atoms with Crippen LogP contribution in [0, 0.1) is 0 Å². The average molecular weight is 1000 g/mol. The number of carbonyl (C=O) groups is 3. The van der Waals surface area contributed by atoms with Crippen molar-refractivity contribution in [3.05, 3.63) is 109 Å². The summed E-state index contributed by atoms with van der Waals surface area (Å²) in [6.45, 7) is 6.38. The molecule has 72 heavy (non-hydrogen) atoms. The van der Waals surface area contributed by atoms with Gasteiger partial charge in [0.25, 0.3) is 0 Å². The number of unbranched alkanes of at least 4 members (excludes halogenated alkanes) is 24. The summed E-state index contributed by atoms with van der Waals surface area (Å²) < 4.78 is 16.8. The zero-order valence-corrected chi connectivity index (χ0v) is 46.9. The highest BCUT2D eigenvalue weighted by molar-refractivity contribution is 5.71.